The van der Waals surface area contributed by atoms with Crippen molar-refractivity contribution < 1.29 is 9.47 Å². The van der Waals surface area contributed by atoms with Gasteiger partial charge in [-0.3, -0.25) is 0 Å². The van der Waals surface area contributed by atoms with Gasteiger partial charge in [-0.1, -0.05) is 30.3 Å². The highest BCUT2D eigenvalue weighted by Crippen LogP contribution is 2.32. The van der Waals surface area contributed by atoms with Crippen LogP contribution in [0.2, 0.25) is 5.02 Å². The summed E-state index contributed by atoms with van der Waals surface area (Å²) in [5.41, 5.74) is 2.95. The predicted octanol–water partition coefficient (Wildman–Crippen LogP) is 4.27. The standard InChI is InChI=1S/C17H22ClNO2/c1-6-13(9-14(7-2)19-4)11-21-16-10-17(20-5)15(18)8-12(16)3/h6-10,19H,1,11H2,2-5H3/b13-9+,14-7+. The Hall–Kier alpha value is -1.87. The first-order chi connectivity index (χ1) is 10.0. The van der Waals surface area contributed by atoms with E-state index in [0.29, 0.717) is 17.4 Å². The molecule has 1 N–H and O–H groups in total. The minimum Gasteiger partial charge on any atom is -0.495 e. The van der Waals surface area contributed by atoms with Crippen LogP contribution in [0, 0.1) is 6.92 Å². The third kappa shape index (κ3) is 4.87. The Balaban J connectivity index is 2.89. The van der Waals surface area contributed by atoms with Gasteiger partial charge in [0, 0.05) is 18.8 Å². The van der Waals surface area contributed by atoms with E-state index in [1.54, 1.807) is 19.3 Å². The van der Waals surface area contributed by atoms with Crippen molar-refractivity contribution in [1.29, 1.82) is 0 Å². The lowest BCUT2D eigenvalue weighted by Crippen LogP contribution is -2.06. The summed E-state index contributed by atoms with van der Waals surface area (Å²) in [6.45, 7) is 8.16. The average Bonchev–Trinajstić information content (AvgIpc) is 2.49. The molecule has 0 unspecified atom stereocenters. The van der Waals surface area contributed by atoms with Crippen molar-refractivity contribution in [3.8, 4) is 11.5 Å². The lowest BCUT2D eigenvalue weighted by atomic mass is 10.2. The van der Waals surface area contributed by atoms with Gasteiger partial charge < -0.3 is 14.8 Å². The average molecular weight is 308 g/mol. The molecule has 0 heterocycles. The fraction of sp³-hybridized carbons (Fsp3) is 0.294. The highest BCUT2D eigenvalue weighted by molar-refractivity contribution is 6.32. The van der Waals surface area contributed by atoms with Crippen LogP contribution in [0.15, 0.2) is 48.2 Å². The van der Waals surface area contributed by atoms with Crippen LogP contribution in [0.25, 0.3) is 0 Å². The molecule has 0 spiro atoms. The maximum atomic E-state index is 6.07. The highest BCUT2D eigenvalue weighted by Gasteiger charge is 2.08. The molecule has 0 fully saturated rings. The van der Waals surface area contributed by atoms with Crippen molar-refractivity contribution in [2.45, 2.75) is 13.8 Å². The molecule has 0 bridgehead atoms. The Morgan fingerprint density at radius 1 is 1.38 bits per heavy atom. The van der Waals surface area contributed by atoms with Gasteiger partial charge in [0.25, 0.3) is 0 Å². The largest absolute Gasteiger partial charge is 0.495 e. The molecule has 0 saturated carbocycles. The third-order valence-electron chi connectivity index (χ3n) is 3.05. The number of methoxy groups -OCH3 is 1. The van der Waals surface area contributed by atoms with Crippen LogP contribution in [0.1, 0.15) is 12.5 Å². The maximum absolute atomic E-state index is 6.07. The number of ether oxygens (including phenoxy) is 2. The summed E-state index contributed by atoms with van der Waals surface area (Å²) in [6.07, 6.45) is 5.76. The summed E-state index contributed by atoms with van der Waals surface area (Å²) in [5, 5.41) is 3.67. The number of halogens is 1. The Bertz CT molecular complexity index is 562. The van der Waals surface area contributed by atoms with E-state index in [0.717, 1.165) is 22.6 Å². The molecule has 0 aliphatic rings. The summed E-state index contributed by atoms with van der Waals surface area (Å²) in [4.78, 5) is 0. The van der Waals surface area contributed by atoms with Gasteiger partial charge in [0.1, 0.15) is 18.1 Å². The number of nitrogens with one attached hydrogen (secondary N) is 1. The van der Waals surface area contributed by atoms with E-state index in [1.165, 1.54) is 0 Å². The maximum Gasteiger partial charge on any atom is 0.141 e. The molecule has 1 aromatic rings. The predicted molar refractivity (Wildman–Crippen MR) is 89.3 cm³/mol. The van der Waals surface area contributed by atoms with Crippen LogP contribution >= 0.6 is 11.6 Å². The van der Waals surface area contributed by atoms with Crippen LogP contribution in [0.4, 0.5) is 0 Å². The first kappa shape index (κ1) is 17.2. The van der Waals surface area contributed by atoms with Gasteiger partial charge in [-0.2, -0.15) is 0 Å². The van der Waals surface area contributed by atoms with Gasteiger partial charge in [0.05, 0.1) is 12.1 Å². The van der Waals surface area contributed by atoms with Crippen molar-refractivity contribution in [1.82, 2.24) is 5.32 Å². The minimum absolute atomic E-state index is 0.425. The zero-order valence-electron chi connectivity index (χ0n) is 13.0. The molecule has 0 aliphatic carbocycles. The molecule has 1 aromatic carbocycles. The number of rotatable bonds is 7. The summed E-state index contributed by atoms with van der Waals surface area (Å²) in [6, 6.07) is 3.63. The van der Waals surface area contributed by atoms with Crippen LogP contribution in [0.5, 0.6) is 11.5 Å². The van der Waals surface area contributed by atoms with Gasteiger partial charge in [-0.05, 0) is 37.1 Å². The fourth-order valence-electron chi connectivity index (χ4n) is 1.77. The number of hydrogen-bond donors (Lipinski definition) is 1. The molecule has 0 atom stereocenters. The van der Waals surface area contributed by atoms with E-state index in [-0.39, 0.29) is 0 Å². The van der Waals surface area contributed by atoms with E-state index in [2.05, 4.69) is 11.9 Å². The summed E-state index contributed by atoms with van der Waals surface area (Å²) in [5.74, 6) is 1.35. The quantitative estimate of drug-likeness (QED) is 0.763. The Morgan fingerprint density at radius 3 is 2.62 bits per heavy atom. The van der Waals surface area contributed by atoms with Crippen molar-refractivity contribution in [2.24, 2.45) is 0 Å². The molecule has 1 rings (SSSR count). The summed E-state index contributed by atoms with van der Waals surface area (Å²) >= 11 is 6.07. The van der Waals surface area contributed by atoms with E-state index >= 15 is 0 Å². The van der Waals surface area contributed by atoms with E-state index < -0.39 is 0 Å². The molecule has 21 heavy (non-hydrogen) atoms. The fourth-order valence-corrected chi connectivity index (χ4v) is 2.06. The zero-order chi connectivity index (χ0) is 15.8. The summed E-state index contributed by atoms with van der Waals surface area (Å²) < 4.78 is 11.1. The number of hydrogen-bond acceptors (Lipinski definition) is 3. The van der Waals surface area contributed by atoms with Gasteiger partial charge >= 0.3 is 0 Å². The number of benzene rings is 1. The van der Waals surface area contributed by atoms with Crippen LogP contribution in [-0.4, -0.2) is 20.8 Å². The molecule has 0 aliphatic heterocycles. The Labute approximate surface area is 131 Å². The lowest BCUT2D eigenvalue weighted by molar-refractivity contribution is 0.348. The third-order valence-corrected chi connectivity index (χ3v) is 3.34. The van der Waals surface area contributed by atoms with Crippen molar-refractivity contribution in [3.63, 3.8) is 0 Å². The zero-order valence-corrected chi connectivity index (χ0v) is 13.8. The van der Waals surface area contributed by atoms with Gasteiger partial charge in [0.2, 0.25) is 0 Å². The van der Waals surface area contributed by atoms with Gasteiger partial charge in [-0.15, -0.1) is 0 Å². The lowest BCUT2D eigenvalue weighted by Gasteiger charge is -2.13. The molecule has 0 amide bonds. The van der Waals surface area contributed by atoms with Crippen LogP contribution in [0.3, 0.4) is 0 Å². The molecule has 3 nitrogen and oxygen atoms in total. The van der Waals surface area contributed by atoms with Crippen molar-refractivity contribution in [2.75, 3.05) is 20.8 Å². The Morgan fingerprint density at radius 2 is 2.10 bits per heavy atom. The summed E-state index contributed by atoms with van der Waals surface area (Å²) in [7, 11) is 3.46. The monoisotopic (exact) mass is 307 g/mol. The number of allylic oxidation sites excluding steroid dienone is 2. The van der Waals surface area contributed by atoms with E-state index in [1.807, 2.05) is 39.1 Å². The highest BCUT2D eigenvalue weighted by atomic mass is 35.5. The molecule has 0 saturated heterocycles. The molecule has 4 heteroatoms. The van der Waals surface area contributed by atoms with Crippen molar-refractivity contribution >= 4 is 11.6 Å². The topological polar surface area (TPSA) is 30.5 Å². The minimum atomic E-state index is 0.425. The SMILES string of the molecule is C=C/C(=C\C(=C/C)NC)COc1cc(OC)c(Cl)cc1C. The van der Waals surface area contributed by atoms with Crippen LogP contribution < -0.4 is 14.8 Å². The smallest absolute Gasteiger partial charge is 0.141 e. The number of aryl methyl sites for hydroxylation is 1. The molecule has 114 valence electrons. The van der Waals surface area contributed by atoms with E-state index in [4.69, 9.17) is 21.1 Å². The second-order valence-electron chi connectivity index (χ2n) is 4.46. The van der Waals surface area contributed by atoms with Gasteiger partial charge in [-0.25, -0.2) is 0 Å². The first-order valence-electron chi connectivity index (χ1n) is 6.69. The normalized spacial score (nSPS) is 12.0. The molecule has 0 radical (unpaired) electrons. The molecule has 0 aromatic heterocycles. The second kappa shape index (κ2) is 8.42. The molecular weight excluding hydrogens is 286 g/mol. The second-order valence-corrected chi connectivity index (χ2v) is 4.87. The van der Waals surface area contributed by atoms with Crippen molar-refractivity contribution in [3.05, 3.63) is 58.8 Å². The van der Waals surface area contributed by atoms with E-state index in [9.17, 15) is 0 Å². The molecular formula is C17H22ClNO2. The first-order valence-corrected chi connectivity index (χ1v) is 7.07. The Kier molecular flexibility index (Phi) is 6.89. The van der Waals surface area contributed by atoms with Crippen LogP contribution in [-0.2, 0) is 0 Å². The van der Waals surface area contributed by atoms with Gasteiger partial charge in [0.15, 0.2) is 0 Å². The number of likely N-dealkylation sites (N-methyl/N-ethyl adjacent to an activating group) is 1.